The van der Waals surface area contributed by atoms with Gasteiger partial charge in [0.25, 0.3) is 11.5 Å². The molecule has 7 heteroatoms. The molecule has 0 spiro atoms. The normalized spacial score (nSPS) is 20.0. The summed E-state index contributed by atoms with van der Waals surface area (Å²) in [5.41, 5.74) is -1.07. The largest absolute Gasteiger partial charge is 0.388 e. The summed E-state index contributed by atoms with van der Waals surface area (Å²) in [6.45, 7) is 0.790. The number of aromatic nitrogens is 2. The molecule has 114 valence electrons. The first-order chi connectivity index (χ1) is 10.1. The average molecular weight is 309 g/mol. The third kappa shape index (κ3) is 2.98. The zero-order valence-electron chi connectivity index (χ0n) is 11.8. The van der Waals surface area contributed by atoms with Gasteiger partial charge in [0.15, 0.2) is 5.16 Å². The summed E-state index contributed by atoms with van der Waals surface area (Å²) >= 11 is 1.52. The van der Waals surface area contributed by atoms with Crippen molar-refractivity contribution in [3.8, 4) is 0 Å². The van der Waals surface area contributed by atoms with Gasteiger partial charge in [0.1, 0.15) is 5.56 Å². The molecule has 2 N–H and O–H groups in total. The number of nitrogens with zero attached hydrogens (tertiary/aromatic N) is 2. The van der Waals surface area contributed by atoms with Crippen molar-refractivity contribution in [1.29, 1.82) is 0 Å². The van der Waals surface area contributed by atoms with E-state index in [1.54, 1.807) is 0 Å². The van der Waals surface area contributed by atoms with Crippen LogP contribution in [-0.2, 0) is 6.54 Å². The lowest BCUT2D eigenvalue weighted by Crippen LogP contribution is -2.45. The molecule has 2 heterocycles. The molecule has 1 amide bonds. The van der Waals surface area contributed by atoms with Crippen LogP contribution in [0.25, 0.3) is 0 Å². The molecule has 0 radical (unpaired) electrons. The SMILES string of the molecule is O=C(NCC1(O)CCCCC1)c1cnc2n(c1=O)CCS2. The van der Waals surface area contributed by atoms with Crippen molar-refractivity contribution in [3.05, 3.63) is 22.1 Å². The van der Waals surface area contributed by atoms with E-state index in [1.807, 2.05) is 0 Å². The van der Waals surface area contributed by atoms with Crippen molar-refractivity contribution < 1.29 is 9.90 Å². The van der Waals surface area contributed by atoms with Gasteiger partial charge in [0, 0.05) is 25.0 Å². The molecule has 21 heavy (non-hydrogen) atoms. The minimum Gasteiger partial charge on any atom is -0.388 e. The Morgan fingerprint density at radius 3 is 2.95 bits per heavy atom. The van der Waals surface area contributed by atoms with Crippen molar-refractivity contribution in [2.45, 2.75) is 49.4 Å². The van der Waals surface area contributed by atoms with Crippen LogP contribution in [-0.4, -0.2) is 38.5 Å². The monoisotopic (exact) mass is 309 g/mol. The Morgan fingerprint density at radius 1 is 1.43 bits per heavy atom. The molecule has 0 atom stereocenters. The van der Waals surface area contributed by atoms with E-state index in [9.17, 15) is 14.7 Å². The Bertz CT molecular complexity index is 608. The molecule has 1 aromatic rings. The maximum absolute atomic E-state index is 12.2. The van der Waals surface area contributed by atoms with Gasteiger partial charge >= 0.3 is 0 Å². The van der Waals surface area contributed by atoms with E-state index in [4.69, 9.17) is 0 Å². The lowest BCUT2D eigenvalue weighted by Gasteiger charge is -2.32. The lowest BCUT2D eigenvalue weighted by atomic mass is 9.85. The van der Waals surface area contributed by atoms with E-state index in [-0.39, 0.29) is 17.7 Å². The predicted molar refractivity (Wildman–Crippen MR) is 79.6 cm³/mol. The Morgan fingerprint density at radius 2 is 2.19 bits per heavy atom. The maximum atomic E-state index is 12.2. The summed E-state index contributed by atoms with van der Waals surface area (Å²) in [4.78, 5) is 28.5. The third-order valence-electron chi connectivity index (χ3n) is 4.16. The van der Waals surface area contributed by atoms with Crippen LogP contribution in [0.4, 0.5) is 0 Å². The molecule has 6 nitrogen and oxygen atoms in total. The highest BCUT2D eigenvalue weighted by atomic mass is 32.2. The molecule has 3 rings (SSSR count). The molecule has 0 unspecified atom stereocenters. The summed E-state index contributed by atoms with van der Waals surface area (Å²) in [6, 6.07) is 0. The van der Waals surface area contributed by atoms with Crippen molar-refractivity contribution in [2.24, 2.45) is 0 Å². The second-order valence-corrected chi connectivity index (χ2v) is 6.79. The number of fused-ring (bicyclic) bond motifs is 1. The Hall–Kier alpha value is -1.34. The number of carbonyl (C=O) groups excluding carboxylic acids is 1. The molecule has 1 aliphatic heterocycles. The second-order valence-electron chi connectivity index (χ2n) is 5.73. The fraction of sp³-hybridized carbons (Fsp3) is 0.643. The average Bonchev–Trinajstić information content (AvgIpc) is 2.95. The zero-order valence-corrected chi connectivity index (χ0v) is 12.6. The highest BCUT2D eigenvalue weighted by Gasteiger charge is 2.30. The molecule has 1 aliphatic carbocycles. The Kier molecular flexibility index (Phi) is 4.03. The number of rotatable bonds is 3. The van der Waals surface area contributed by atoms with Crippen LogP contribution in [0.3, 0.4) is 0 Å². The van der Waals surface area contributed by atoms with Crippen molar-refractivity contribution in [1.82, 2.24) is 14.9 Å². The molecule has 0 bridgehead atoms. The molecule has 1 aromatic heterocycles. The summed E-state index contributed by atoms with van der Waals surface area (Å²) in [7, 11) is 0. The highest BCUT2D eigenvalue weighted by molar-refractivity contribution is 7.99. The minimum atomic E-state index is -0.829. The molecule has 0 saturated heterocycles. The van der Waals surface area contributed by atoms with E-state index in [0.29, 0.717) is 24.5 Å². The highest BCUT2D eigenvalue weighted by Crippen LogP contribution is 2.27. The lowest BCUT2D eigenvalue weighted by molar-refractivity contribution is 0.00523. The fourth-order valence-electron chi connectivity index (χ4n) is 2.90. The van der Waals surface area contributed by atoms with Gasteiger partial charge in [-0.3, -0.25) is 14.2 Å². The Labute approximate surface area is 127 Å². The summed E-state index contributed by atoms with van der Waals surface area (Å²) in [6.07, 6.45) is 5.83. The van der Waals surface area contributed by atoms with Crippen LogP contribution in [0.2, 0.25) is 0 Å². The maximum Gasteiger partial charge on any atom is 0.267 e. The third-order valence-corrected chi connectivity index (χ3v) is 5.13. The van der Waals surface area contributed by atoms with Gasteiger partial charge in [-0.2, -0.15) is 0 Å². The topological polar surface area (TPSA) is 84.2 Å². The smallest absolute Gasteiger partial charge is 0.267 e. The fourth-order valence-corrected chi connectivity index (χ4v) is 3.81. The number of aliphatic hydroxyl groups is 1. The first-order valence-corrected chi connectivity index (χ1v) is 8.31. The van der Waals surface area contributed by atoms with Crippen LogP contribution in [0.5, 0.6) is 0 Å². The second kappa shape index (κ2) is 5.81. The van der Waals surface area contributed by atoms with Gasteiger partial charge in [-0.1, -0.05) is 31.0 Å². The quantitative estimate of drug-likeness (QED) is 0.806. The number of amides is 1. The van der Waals surface area contributed by atoms with Gasteiger partial charge in [0.2, 0.25) is 0 Å². The van der Waals surface area contributed by atoms with Gasteiger partial charge in [-0.15, -0.1) is 0 Å². The number of hydrogen-bond donors (Lipinski definition) is 2. The van der Waals surface area contributed by atoms with Gasteiger partial charge in [0.05, 0.1) is 5.60 Å². The van der Waals surface area contributed by atoms with Crippen molar-refractivity contribution in [2.75, 3.05) is 12.3 Å². The molecular weight excluding hydrogens is 290 g/mol. The first-order valence-electron chi connectivity index (χ1n) is 7.32. The first kappa shape index (κ1) is 14.6. The van der Waals surface area contributed by atoms with Crippen LogP contribution in [0, 0.1) is 0 Å². The Balaban J connectivity index is 1.70. The van der Waals surface area contributed by atoms with E-state index in [1.165, 1.54) is 22.5 Å². The van der Waals surface area contributed by atoms with Crippen LogP contribution >= 0.6 is 11.8 Å². The summed E-state index contributed by atoms with van der Waals surface area (Å²) < 4.78 is 1.54. The number of hydrogen-bond acceptors (Lipinski definition) is 5. The predicted octanol–water partition coefficient (Wildman–Crippen LogP) is 0.774. The van der Waals surface area contributed by atoms with E-state index in [2.05, 4.69) is 10.3 Å². The van der Waals surface area contributed by atoms with Gasteiger partial charge < -0.3 is 10.4 Å². The van der Waals surface area contributed by atoms with E-state index in [0.717, 1.165) is 25.0 Å². The molecule has 1 saturated carbocycles. The number of thioether (sulfide) groups is 1. The number of nitrogens with one attached hydrogen (secondary N) is 1. The molecule has 2 aliphatic rings. The molecule has 0 aromatic carbocycles. The van der Waals surface area contributed by atoms with Crippen LogP contribution in [0.1, 0.15) is 42.5 Å². The van der Waals surface area contributed by atoms with Crippen LogP contribution in [0.15, 0.2) is 16.1 Å². The van der Waals surface area contributed by atoms with Crippen molar-refractivity contribution >= 4 is 17.7 Å². The van der Waals surface area contributed by atoms with E-state index < -0.39 is 11.5 Å². The van der Waals surface area contributed by atoms with E-state index >= 15 is 0 Å². The number of carbonyl (C=O) groups is 1. The van der Waals surface area contributed by atoms with Crippen molar-refractivity contribution in [3.63, 3.8) is 0 Å². The molecule has 1 fully saturated rings. The standard InChI is InChI=1S/C14H19N3O3S/c18-11(16-9-14(20)4-2-1-3-5-14)10-8-15-13-17(12(10)19)6-7-21-13/h8,20H,1-7,9H2,(H,16,18). The summed E-state index contributed by atoms with van der Waals surface area (Å²) in [5.74, 6) is 0.367. The van der Waals surface area contributed by atoms with Gasteiger partial charge in [-0.05, 0) is 12.8 Å². The summed E-state index contributed by atoms with van der Waals surface area (Å²) in [5, 5.41) is 13.7. The zero-order chi connectivity index (χ0) is 14.9. The molecular formula is C14H19N3O3S. The minimum absolute atomic E-state index is 0.0562. The van der Waals surface area contributed by atoms with Gasteiger partial charge in [-0.25, -0.2) is 4.98 Å². The van der Waals surface area contributed by atoms with Crippen LogP contribution < -0.4 is 10.9 Å².